The van der Waals surface area contributed by atoms with Gasteiger partial charge < -0.3 is 14.6 Å². The monoisotopic (exact) mass is 393 g/mol. The molecule has 1 aromatic heterocycles. The van der Waals surface area contributed by atoms with Crippen LogP contribution in [0.25, 0.3) is 11.0 Å². The third-order valence-electron chi connectivity index (χ3n) is 5.04. The number of nitrogens with one attached hydrogen (secondary N) is 1. The summed E-state index contributed by atoms with van der Waals surface area (Å²) < 4.78 is 8.32. The van der Waals surface area contributed by atoms with Gasteiger partial charge in [0.05, 0.1) is 24.1 Å². The lowest BCUT2D eigenvalue weighted by Gasteiger charge is -2.16. The van der Waals surface area contributed by atoms with Crippen LogP contribution in [0.5, 0.6) is 5.75 Å². The number of rotatable bonds is 8. The Kier molecular flexibility index (Phi) is 6.57. The fourth-order valence-corrected chi connectivity index (χ4v) is 3.37. The minimum Gasteiger partial charge on any atom is -0.491 e. The van der Waals surface area contributed by atoms with Gasteiger partial charge in [0.1, 0.15) is 18.2 Å². The first-order valence-corrected chi connectivity index (χ1v) is 10.3. The third-order valence-corrected chi connectivity index (χ3v) is 5.04. The topological polar surface area (TPSA) is 56.1 Å². The number of imidazole rings is 1. The fraction of sp³-hybridized carbons (Fsp3) is 0.417. The molecule has 0 unspecified atom stereocenters. The zero-order chi connectivity index (χ0) is 21.0. The highest BCUT2D eigenvalue weighted by Gasteiger charge is 2.14. The molecule has 154 valence electrons. The van der Waals surface area contributed by atoms with Crippen LogP contribution in [0.3, 0.4) is 0 Å². The Labute approximate surface area is 173 Å². The molecule has 5 heteroatoms. The van der Waals surface area contributed by atoms with Crippen molar-refractivity contribution in [2.24, 2.45) is 5.92 Å². The van der Waals surface area contributed by atoms with Gasteiger partial charge in [-0.15, -0.1) is 0 Å². The molecule has 0 fully saturated rings. The standard InChI is InChI=1S/C24H31N3O2/c1-16(2)19-11-10-18(5)14-22(19)29-13-12-27-21-9-7-6-8-20(21)26-23(27)15-25-24(28)17(3)4/h6-11,14,16-17H,12-13,15H2,1-5H3,(H,25,28). The molecule has 3 aromatic rings. The summed E-state index contributed by atoms with van der Waals surface area (Å²) in [5, 5.41) is 2.98. The summed E-state index contributed by atoms with van der Waals surface area (Å²) in [5.41, 5.74) is 4.39. The van der Waals surface area contributed by atoms with E-state index < -0.39 is 0 Å². The SMILES string of the molecule is Cc1ccc(C(C)C)c(OCCn2c(CNC(=O)C(C)C)nc3ccccc32)c1. The maximum Gasteiger partial charge on any atom is 0.222 e. The molecule has 0 spiro atoms. The van der Waals surface area contributed by atoms with Crippen LogP contribution in [-0.2, 0) is 17.9 Å². The highest BCUT2D eigenvalue weighted by molar-refractivity contribution is 5.78. The van der Waals surface area contributed by atoms with Gasteiger partial charge in [-0.1, -0.05) is 52.0 Å². The van der Waals surface area contributed by atoms with Gasteiger partial charge in [0.15, 0.2) is 0 Å². The molecule has 29 heavy (non-hydrogen) atoms. The maximum atomic E-state index is 12.0. The Hall–Kier alpha value is -2.82. The van der Waals surface area contributed by atoms with Crippen molar-refractivity contribution < 1.29 is 9.53 Å². The smallest absolute Gasteiger partial charge is 0.222 e. The van der Waals surface area contributed by atoms with Gasteiger partial charge in [-0.25, -0.2) is 4.98 Å². The van der Waals surface area contributed by atoms with E-state index in [0.29, 0.717) is 25.6 Å². The summed E-state index contributed by atoms with van der Waals surface area (Å²) in [7, 11) is 0. The second kappa shape index (κ2) is 9.12. The lowest BCUT2D eigenvalue weighted by atomic mass is 10.0. The van der Waals surface area contributed by atoms with Gasteiger partial charge in [-0.2, -0.15) is 0 Å². The van der Waals surface area contributed by atoms with Crippen molar-refractivity contribution >= 4 is 16.9 Å². The quantitative estimate of drug-likeness (QED) is 0.597. The van der Waals surface area contributed by atoms with Crippen molar-refractivity contribution in [1.82, 2.24) is 14.9 Å². The molecule has 0 bridgehead atoms. The van der Waals surface area contributed by atoms with Gasteiger partial charge in [-0.3, -0.25) is 4.79 Å². The molecule has 0 atom stereocenters. The largest absolute Gasteiger partial charge is 0.491 e. The molecule has 0 saturated carbocycles. The minimum atomic E-state index is -0.0491. The molecular weight excluding hydrogens is 362 g/mol. The van der Waals surface area contributed by atoms with E-state index in [1.54, 1.807) is 0 Å². The second-order valence-corrected chi connectivity index (χ2v) is 8.09. The molecule has 2 aromatic carbocycles. The number of ether oxygens (including phenoxy) is 1. The predicted octanol–water partition coefficient (Wildman–Crippen LogP) is 4.82. The van der Waals surface area contributed by atoms with Crippen molar-refractivity contribution in [3.63, 3.8) is 0 Å². The first-order chi connectivity index (χ1) is 13.9. The lowest BCUT2D eigenvalue weighted by molar-refractivity contribution is -0.124. The molecule has 0 aliphatic carbocycles. The molecule has 0 radical (unpaired) electrons. The highest BCUT2D eigenvalue weighted by Crippen LogP contribution is 2.27. The molecule has 3 rings (SSSR count). The van der Waals surface area contributed by atoms with Gasteiger partial charge in [0, 0.05) is 5.92 Å². The van der Waals surface area contributed by atoms with Crippen molar-refractivity contribution in [2.45, 2.75) is 53.6 Å². The van der Waals surface area contributed by atoms with Crippen LogP contribution >= 0.6 is 0 Å². The van der Waals surface area contributed by atoms with Crippen molar-refractivity contribution in [2.75, 3.05) is 6.61 Å². The van der Waals surface area contributed by atoms with Crippen LogP contribution in [0.15, 0.2) is 42.5 Å². The van der Waals surface area contributed by atoms with E-state index in [1.165, 1.54) is 11.1 Å². The Morgan fingerprint density at radius 1 is 1.14 bits per heavy atom. The molecule has 0 aliphatic rings. The minimum absolute atomic E-state index is 0.0289. The lowest BCUT2D eigenvalue weighted by Crippen LogP contribution is -2.28. The van der Waals surface area contributed by atoms with Crippen LogP contribution in [0.1, 0.15) is 50.6 Å². The van der Waals surface area contributed by atoms with E-state index in [2.05, 4.69) is 54.9 Å². The molecular formula is C24H31N3O2. The Morgan fingerprint density at radius 2 is 1.90 bits per heavy atom. The normalized spacial score (nSPS) is 11.4. The molecule has 0 aliphatic heterocycles. The fourth-order valence-electron chi connectivity index (χ4n) is 3.37. The number of benzene rings is 2. The number of nitrogens with zero attached hydrogens (tertiary/aromatic N) is 2. The van der Waals surface area contributed by atoms with E-state index in [1.807, 2.05) is 32.0 Å². The first-order valence-electron chi connectivity index (χ1n) is 10.3. The number of amides is 1. The number of aryl methyl sites for hydroxylation is 1. The van der Waals surface area contributed by atoms with Crippen LogP contribution in [0.4, 0.5) is 0 Å². The Morgan fingerprint density at radius 3 is 2.62 bits per heavy atom. The summed E-state index contributed by atoms with van der Waals surface area (Å²) in [6.45, 7) is 11.8. The number of hydrogen-bond donors (Lipinski definition) is 1. The van der Waals surface area contributed by atoms with Gasteiger partial charge in [0.25, 0.3) is 0 Å². The molecule has 5 nitrogen and oxygen atoms in total. The van der Waals surface area contributed by atoms with Gasteiger partial charge in [0.2, 0.25) is 5.91 Å². The van der Waals surface area contributed by atoms with Crippen molar-refractivity contribution in [3.8, 4) is 5.75 Å². The summed E-state index contributed by atoms with van der Waals surface area (Å²) in [6, 6.07) is 14.4. The van der Waals surface area contributed by atoms with E-state index in [0.717, 1.165) is 22.6 Å². The number of hydrogen-bond acceptors (Lipinski definition) is 3. The average Bonchev–Trinajstić information content (AvgIpc) is 3.03. The zero-order valence-electron chi connectivity index (χ0n) is 18.0. The highest BCUT2D eigenvalue weighted by atomic mass is 16.5. The van der Waals surface area contributed by atoms with Gasteiger partial charge in [-0.05, 0) is 42.2 Å². The third kappa shape index (κ3) is 4.97. The van der Waals surface area contributed by atoms with Gasteiger partial charge >= 0.3 is 0 Å². The Balaban J connectivity index is 1.78. The summed E-state index contributed by atoms with van der Waals surface area (Å²) in [5.74, 6) is 2.17. The number of carbonyl (C=O) groups is 1. The van der Waals surface area contributed by atoms with Crippen molar-refractivity contribution in [1.29, 1.82) is 0 Å². The summed E-state index contributed by atoms with van der Waals surface area (Å²) in [6.07, 6.45) is 0. The number of aromatic nitrogens is 2. The average molecular weight is 394 g/mol. The molecule has 1 amide bonds. The summed E-state index contributed by atoms with van der Waals surface area (Å²) in [4.78, 5) is 16.7. The van der Waals surface area contributed by atoms with Crippen molar-refractivity contribution in [3.05, 3.63) is 59.4 Å². The van der Waals surface area contributed by atoms with E-state index in [9.17, 15) is 4.79 Å². The number of fused-ring (bicyclic) bond motifs is 1. The summed E-state index contributed by atoms with van der Waals surface area (Å²) >= 11 is 0. The predicted molar refractivity (Wildman–Crippen MR) is 117 cm³/mol. The Bertz CT molecular complexity index is 989. The zero-order valence-corrected chi connectivity index (χ0v) is 18.0. The van der Waals surface area contributed by atoms with E-state index in [4.69, 9.17) is 9.72 Å². The molecule has 0 saturated heterocycles. The number of para-hydroxylation sites is 2. The van der Waals surface area contributed by atoms with Crippen LogP contribution in [-0.4, -0.2) is 22.1 Å². The molecule has 1 heterocycles. The molecule has 1 N–H and O–H groups in total. The van der Waals surface area contributed by atoms with Crippen LogP contribution in [0, 0.1) is 12.8 Å². The number of carbonyl (C=O) groups excluding carboxylic acids is 1. The van der Waals surface area contributed by atoms with Crippen LogP contribution in [0.2, 0.25) is 0 Å². The second-order valence-electron chi connectivity index (χ2n) is 8.09. The van der Waals surface area contributed by atoms with E-state index in [-0.39, 0.29) is 11.8 Å². The van der Waals surface area contributed by atoms with Crippen LogP contribution < -0.4 is 10.1 Å². The van der Waals surface area contributed by atoms with E-state index >= 15 is 0 Å². The first kappa shape index (κ1) is 20.9. The maximum absolute atomic E-state index is 12.0.